The fourth-order valence-electron chi connectivity index (χ4n) is 4.82. The molecule has 2 bridgehead atoms. The Bertz CT molecular complexity index is 1260. The van der Waals surface area contributed by atoms with Gasteiger partial charge in [-0.3, -0.25) is 9.36 Å². The van der Waals surface area contributed by atoms with Gasteiger partial charge in [-0.15, -0.1) is 0 Å². The first-order valence-corrected chi connectivity index (χ1v) is 14.1. The molecule has 1 aromatic heterocycles. The maximum absolute atomic E-state index is 13.1. The molecule has 2 saturated heterocycles. The van der Waals surface area contributed by atoms with Crippen molar-refractivity contribution < 1.29 is 24.7 Å². The predicted octanol–water partition coefficient (Wildman–Crippen LogP) is 4.23. The lowest BCUT2D eigenvalue weighted by Crippen LogP contribution is -2.42. The first-order chi connectivity index (χ1) is 19.1. The van der Waals surface area contributed by atoms with E-state index in [1.54, 1.807) is 37.3 Å². The van der Waals surface area contributed by atoms with Gasteiger partial charge in [0, 0.05) is 25.2 Å². The molecule has 2 unspecified atom stereocenters. The molecule has 4 rings (SSSR count). The Hall–Kier alpha value is -2.71. The summed E-state index contributed by atoms with van der Waals surface area (Å²) in [6.45, 7) is 10.2. The fraction of sp³-hybridized carbons (Fsp3) is 0.556. The zero-order chi connectivity index (χ0) is 29.0. The monoisotopic (exact) mass is 558 g/mol. The van der Waals surface area contributed by atoms with Crippen LogP contribution in [0.25, 0.3) is 0 Å². The van der Waals surface area contributed by atoms with E-state index < -0.39 is 44.6 Å². The third kappa shape index (κ3) is 6.22. The average molecular weight is 559 g/mol. The van der Waals surface area contributed by atoms with Crippen molar-refractivity contribution in [2.75, 3.05) is 18.5 Å². The number of anilines is 1. The molecule has 6 atom stereocenters. The van der Waals surface area contributed by atoms with Crippen LogP contribution in [0.1, 0.15) is 65.4 Å². The molecule has 39 heavy (non-hydrogen) atoms. The smallest absolute Gasteiger partial charge is 0.351 e. The highest BCUT2D eigenvalue weighted by Gasteiger charge is 2.63. The number of amides is 1. The zero-order valence-corrected chi connectivity index (χ0v) is 23.7. The Morgan fingerprint density at radius 3 is 2.67 bits per heavy atom. The number of nitrogens with one attached hydrogen (secondary N) is 1. The number of aromatic nitrogens is 2. The van der Waals surface area contributed by atoms with Crippen LogP contribution in [0.3, 0.4) is 0 Å². The Kier molecular flexibility index (Phi) is 9.03. The number of benzene rings is 1. The lowest BCUT2D eigenvalue weighted by Gasteiger charge is -2.38. The van der Waals surface area contributed by atoms with Gasteiger partial charge in [0.05, 0.1) is 25.7 Å². The summed E-state index contributed by atoms with van der Waals surface area (Å²) in [5.74, 6) is -0.278. The van der Waals surface area contributed by atoms with E-state index in [0.29, 0.717) is 5.56 Å². The minimum absolute atomic E-state index is 0.0831. The highest BCUT2D eigenvalue weighted by molar-refractivity contribution is 7.44. The van der Waals surface area contributed by atoms with E-state index in [-0.39, 0.29) is 43.4 Å². The van der Waals surface area contributed by atoms with E-state index in [4.69, 9.17) is 25.2 Å². The standard InChI is InChI=1S/C27H36N5O6P/c1-6-27-17-35-22(23(27)38-39(36-16-10-14-28)32(18(2)3)19(4)5)25(37-27)31-15-13-21(30-26(31)34)29-24(33)20-11-8-7-9-12-20/h7-9,11-13,15,18-19,22-23,25H,6,10,16-17H2,1-5H3,(H,29,30,33,34)/t22-,23+,25+,27+,39?/m0/s1/i6D/t6?,22-,23+,25+,27+,39?. The second-order valence-corrected chi connectivity index (χ2v) is 11.3. The Morgan fingerprint density at radius 2 is 2.05 bits per heavy atom. The summed E-state index contributed by atoms with van der Waals surface area (Å²) < 4.78 is 37.2. The molecule has 2 aliphatic heterocycles. The number of nitriles is 1. The number of hydrogen-bond donors (Lipinski definition) is 1. The summed E-state index contributed by atoms with van der Waals surface area (Å²) in [7, 11) is -1.64. The minimum atomic E-state index is -1.64. The molecular formula is C27H36N5O6P. The van der Waals surface area contributed by atoms with E-state index in [1.807, 2.05) is 27.7 Å². The number of hydrogen-bond acceptors (Lipinski definition) is 9. The molecule has 1 amide bonds. The van der Waals surface area contributed by atoms with Crippen molar-refractivity contribution in [3.8, 4) is 6.07 Å². The summed E-state index contributed by atoms with van der Waals surface area (Å²) in [4.78, 5) is 29.6. The van der Waals surface area contributed by atoms with E-state index in [0.717, 1.165) is 0 Å². The molecule has 3 heterocycles. The SMILES string of the molecule is [2H]C(C)[C@]12CO[C@H]([C@H](n3ccc(NC(=O)c4ccccc4)nc3=O)O1)[C@H]2OP(OCCC#N)N(C(C)C)C(C)C. The van der Waals surface area contributed by atoms with Crippen molar-refractivity contribution >= 4 is 20.3 Å². The average Bonchev–Trinajstić information content (AvgIpc) is 3.42. The number of ether oxygens (including phenoxy) is 2. The van der Waals surface area contributed by atoms with Gasteiger partial charge in [0.25, 0.3) is 14.4 Å². The molecule has 0 saturated carbocycles. The summed E-state index contributed by atoms with van der Waals surface area (Å²) in [5, 5.41) is 11.7. The number of carbonyl (C=O) groups excluding carboxylic acids is 1. The van der Waals surface area contributed by atoms with Gasteiger partial charge in [-0.1, -0.05) is 25.1 Å². The Morgan fingerprint density at radius 1 is 1.33 bits per heavy atom. The molecule has 0 radical (unpaired) electrons. The highest BCUT2D eigenvalue weighted by Crippen LogP contribution is 2.55. The van der Waals surface area contributed by atoms with Crippen molar-refractivity contribution in [1.82, 2.24) is 14.2 Å². The lowest BCUT2D eigenvalue weighted by molar-refractivity contribution is -0.175. The predicted molar refractivity (Wildman–Crippen MR) is 146 cm³/mol. The molecule has 0 spiro atoms. The van der Waals surface area contributed by atoms with Crippen LogP contribution >= 0.6 is 8.53 Å². The van der Waals surface area contributed by atoms with Crippen LogP contribution in [-0.2, 0) is 18.5 Å². The van der Waals surface area contributed by atoms with Gasteiger partial charge in [0.15, 0.2) is 6.23 Å². The van der Waals surface area contributed by atoms with E-state index in [9.17, 15) is 9.59 Å². The largest absolute Gasteiger partial charge is 0.368 e. The van der Waals surface area contributed by atoms with E-state index in [1.165, 1.54) is 16.8 Å². The Balaban J connectivity index is 1.59. The molecule has 1 aromatic carbocycles. The quantitative estimate of drug-likeness (QED) is 0.301. The molecule has 12 heteroatoms. The van der Waals surface area contributed by atoms with E-state index in [2.05, 4.69) is 21.0 Å². The van der Waals surface area contributed by atoms with Gasteiger partial charge in [-0.2, -0.15) is 10.2 Å². The molecule has 0 aliphatic carbocycles. The van der Waals surface area contributed by atoms with Gasteiger partial charge < -0.3 is 23.8 Å². The summed E-state index contributed by atoms with van der Waals surface area (Å²) in [6, 6.07) is 12.4. The van der Waals surface area contributed by atoms with Crippen LogP contribution in [-0.4, -0.2) is 63.2 Å². The van der Waals surface area contributed by atoms with Crippen molar-refractivity contribution in [2.24, 2.45) is 0 Å². The molecule has 210 valence electrons. The van der Waals surface area contributed by atoms with Gasteiger partial charge in [-0.25, -0.2) is 9.46 Å². The summed E-state index contributed by atoms with van der Waals surface area (Å²) in [5.41, 5.74) is -1.35. The number of nitrogens with zero attached hydrogens (tertiary/aromatic N) is 4. The second-order valence-electron chi connectivity index (χ2n) is 9.92. The summed E-state index contributed by atoms with van der Waals surface area (Å²) >= 11 is 0. The maximum atomic E-state index is 13.1. The third-order valence-electron chi connectivity index (χ3n) is 6.64. The van der Waals surface area contributed by atoms with Crippen LogP contribution < -0.4 is 11.0 Å². The van der Waals surface area contributed by atoms with Crippen LogP contribution in [0.15, 0.2) is 47.4 Å². The molecule has 2 fully saturated rings. The molecule has 2 aromatic rings. The molecule has 11 nitrogen and oxygen atoms in total. The van der Waals surface area contributed by atoms with Crippen molar-refractivity contribution in [1.29, 1.82) is 5.26 Å². The molecule has 2 aliphatic rings. The number of fused-ring (bicyclic) bond motifs is 2. The topological polar surface area (TPSA) is 128 Å². The van der Waals surface area contributed by atoms with Crippen LogP contribution in [0.5, 0.6) is 0 Å². The van der Waals surface area contributed by atoms with Gasteiger partial charge in [0.2, 0.25) is 0 Å². The van der Waals surface area contributed by atoms with Crippen molar-refractivity contribution in [3.05, 3.63) is 58.6 Å². The van der Waals surface area contributed by atoms with Crippen LogP contribution in [0.4, 0.5) is 5.82 Å². The number of rotatable bonds is 12. The van der Waals surface area contributed by atoms with Gasteiger partial charge >= 0.3 is 5.69 Å². The third-order valence-corrected chi connectivity index (χ3v) is 8.75. The summed E-state index contributed by atoms with van der Waals surface area (Å²) in [6.07, 6.45) is -1.35. The lowest BCUT2D eigenvalue weighted by atomic mass is 9.96. The van der Waals surface area contributed by atoms with Crippen molar-refractivity contribution in [2.45, 2.75) is 83.6 Å². The normalized spacial score (nSPS) is 26.0. The molecular weight excluding hydrogens is 521 g/mol. The second kappa shape index (κ2) is 12.6. The maximum Gasteiger partial charge on any atom is 0.351 e. The van der Waals surface area contributed by atoms with Crippen molar-refractivity contribution in [3.63, 3.8) is 0 Å². The van der Waals surface area contributed by atoms with Gasteiger partial charge in [0.1, 0.15) is 23.6 Å². The van der Waals surface area contributed by atoms with Gasteiger partial charge in [-0.05, 0) is 52.3 Å². The van der Waals surface area contributed by atoms with E-state index >= 15 is 0 Å². The molecule has 1 N–H and O–H groups in total. The number of carbonyl (C=O) groups is 1. The fourth-order valence-corrected chi connectivity index (χ4v) is 6.62. The minimum Gasteiger partial charge on any atom is -0.368 e. The highest BCUT2D eigenvalue weighted by atomic mass is 31.2. The Labute approximate surface area is 231 Å². The van der Waals surface area contributed by atoms with Crippen LogP contribution in [0.2, 0.25) is 0 Å². The van der Waals surface area contributed by atoms with Crippen LogP contribution in [0, 0.1) is 11.3 Å². The first kappa shape index (κ1) is 27.8. The zero-order valence-electron chi connectivity index (χ0n) is 23.8. The first-order valence-electron chi connectivity index (χ1n) is 13.6.